The highest BCUT2D eigenvalue weighted by Gasteiger charge is 2.29. The van der Waals surface area contributed by atoms with Crippen molar-refractivity contribution in [2.24, 2.45) is 5.92 Å². The molecule has 0 radical (unpaired) electrons. The molecule has 7 nitrogen and oxygen atoms in total. The van der Waals surface area contributed by atoms with Crippen LogP contribution in [0.1, 0.15) is 42.2 Å². The van der Waals surface area contributed by atoms with E-state index in [2.05, 4.69) is 15.7 Å². The Kier molecular flexibility index (Phi) is 5.89. The van der Waals surface area contributed by atoms with E-state index >= 15 is 0 Å². The van der Waals surface area contributed by atoms with E-state index in [4.69, 9.17) is 0 Å². The largest absolute Gasteiger partial charge is 0.337 e. The van der Waals surface area contributed by atoms with E-state index < -0.39 is 0 Å². The van der Waals surface area contributed by atoms with Gasteiger partial charge in [0.1, 0.15) is 11.5 Å². The lowest BCUT2D eigenvalue weighted by molar-refractivity contribution is -0.121. The van der Waals surface area contributed by atoms with Crippen LogP contribution >= 0.6 is 0 Å². The van der Waals surface area contributed by atoms with Gasteiger partial charge in [0.25, 0.3) is 5.91 Å². The number of piperidine rings is 2. The first-order valence-electron chi connectivity index (χ1n) is 10.2. The Morgan fingerprint density at radius 3 is 2.55 bits per heavy atom. The van der Waals surface area contributed by atoms with Crippen LogP contribution in [0.5, 0.6) is 0 Å². The molecule has 2 amide bonds. The molecule has 2 N–H and O–H groups in total. The fourth-order valence-corrected chi connectivity index (χ4v) is 4.00. The van der Waals surface area contributed by atoms with E-state index in [0.717, 1.165) is 25.9 Å². The molecule has 2 saturated heterocycles. The fourth-order valence-electron chi connectivity index (χ4n) is 4.00. The van der Waals surface area contributed by atoms with Crippen LogP contribution in [-0.2, 0) is 4.79 Å². The van der Waals surface area contributed by atoms with E-state index in [0.29, 0.717) is 43.4 Å². The molecule has 8 heteroatoms. The number of rotatable bonds is 4. The summed E-state index contributed by atoms with van der Waals surface area (Å²) in [6.07, 6.45) is 5.27. The number of hydrogen-bond acceptors (Lipinski definition) is 4. The van der Waals surface area contributed by atoms with Crippen LogP contribution in [0.25, 0.3) is 0 Å². The summed E-state index contributed by atoms with van der Waals surface area (Å²) in [5, 5.41) is 10.7. The van der Waals surface area contributed by atoms with Crippen molar-refractivity contribution in [3.63, 3.8) is 0 Å². The lowest BCUT2D eigenvalue weighted by atomic mass is 9.95. The predicted octanol–water partition coefficient (Wildman–Crippen LogP) is 2.44. The van der Waals surface area contributed by atoms with Gasteiger partial charge in [0.15, 0.2) is 0 Å². The van der Waals surface area contributed by atoms with E-state index in [9.17, 15) is 14.0 Å². The number of carbonyl (C=O) groups excluding carboxylic acids is 2. The van der Waals surface area contributed by atoms with Gasteiger partial charge in [0.05, 0.1) is 6.04 Å². The van der Waals surface area contributed by atoms with Crippen molar-refractivity contribution in [1.29, 1.82) is 0 Å². The number of likely N-dealkylation sites (tertiary alicyclic amines) is 1. The van der Waals surface area contributed by atoms with Gasteiger partial charge >= 0.3 is 0 Å². The second-order valence-corrected chi connectivity index (χ2v) is 7.74. The van der Waals surface area contributed by atoms with Crippen molar-refractivity contribution >= 4 is 17.5 Å². The molecule has 1 unspecified atom stereocenters. The molecule has 3 heterocycles. The third kappa shape index (κ3) is 4.64. The monoisotopic (exact) mass is 399 g/mol. The number of carbonyl (C=O) groups is 2. The van der Waals surface area contributed by atoms with Crippen LogP contribution in [0.15, 0.2) is 36.5 Å². The predicted molar refractivity (Wildman–Crippen MR) is 107 cm³/mol. The number of halogens is 1. The molecule has 2 fully saturated rings. The number of amides is 2. The summed E-state index contributed by atoms with van der Waals surface area (Å²) in [6, 6.07) is 7.81. The molecular weight excluding hydrogens is 373 g/mol. The minimum atomic E-state index is -0.336. The summed E-state index contributed by atoms with van der Waals surface area (Å²) < 4.78 is 14.9. The molecule has 1 aromatic carbocycles. The maximum absolute atomic E-state index is 13.0. The number of anilines is 1. The fraction of sp³-hybridized carbons (Fsp3) is 0.476. The molecule has 2 aliphatic heterocycles. The quantitative estimate of drug-likeness (QED) is 0.828. The van der Waals surface area contributed by atoms with Gasteiger partial charge in [-0.3, -0.25) is 14.3 Å². The number of hydrogen-bond donors (Lipinski definition) is 2. The average molecular weight is 399 g/mol. The number of aromatic nitrogens is 2. The van der Waals surface area contributed by atoms with Gasteiger partial charge in [-0.1, -0.05) is 0 Å². The van der Waals surface area contributed by atoms with Gasteiger partial charge in [-0.25, -0.2) is 4.39 Å². The molecule has 0 spiro atoms. The topological polar surface area (TPSA) is 79.3 Å². The summed E-state index contributed by atoms with van der Waals surface area (Å²) in [7, 11) is 0. The number of benzene rings is 1. The molecule has 154 valence electrons. The molecule has 29 heavy (non-hydrogen) atoms. The van der Waals surface area contributed by atoms with E-state index in [-0.39, 0.29) is 23.5 Å². The zero-order valence-electron chi connectivity index (χ0n) is 16.3. The molecule has 0 aliphatic carbocycles. The molecule has 2 aromatic rings. The van der Waals surface area contributed by atoms with Crippen molar-refractivity contribution in [2.75, 3.05) is 31.5 Å². The standard InChI is InChI=1S/C21H26FN5O2/c22-16-3-5-17(6-4-16)24-20(28)15-7-11-26(12-8-15)21(29)19-9-13-27(25-19)18-2-1-10-23-14-18/h3-6,9,13,15,18,23H,1-2,7-8,10-12,14H2,(H,24,28). The summed E-state index contributed by atoms with van der Waals surface area (Å²) >= 11 is 0. The van der Waals surface area contributed by atoms with E-state index in [1.165, 1.54) is 12.1 Å². The minimum absolute atomic E-state index is 0.0788. The Morgan fingerprint density at radius 1 is 1.10 bits per heavy atom. The van der Waals surface area contributed by atoms with Crippen molar-refractivity contribution in [3.8, 4) is 0 Å². The molecular formula is C21H26FN5O2. The molecule has 0 saturated carbocycles. The first-order valence-corrected chi connectivity index (χ1v) is 10.2. The van der Waals surface area contributed by atoms with Crippen LogP contribution < -0.4 is 10.6 Å². The number of nitrogens with one attached hydrogen (secondary N) is 2. The average Bonchev–Trinajstić information content (AvgIpc) is 3.26. The zero-order valence-corrected chi connectivity index (χ0v) is 16.3. The van der Waals surface area contributed by atoms with Gasteiger partial charge in [-0.2, -0.15) is 5.10 Å². The first kappa shape index (κ1) is 19.6. The van der Waals surface area contributed by atoms with Crippen LogP contribution in [0.3, 0.4) is 0 Å². The summed E-state index contributed by atoms with van der Waals surface area (Å²) in [5.74, 6) is -0.658. The third-order valence-electron chi connectivity index (χ3n) is 5.74. The van der Waals surface area contributed by atoms with Crippen LogP contribution in [-0.4, -0.2) is 52.7 Å². The Hall–Kier alpha value is -2.74. The minimum Gasteiger partial charge on any atom is -0.337 e. The zero-order chi connectivity index (χ0) is 20.2. The third-order valence-corrected chi connectivity index (χ3v) is 5.74. The Morgan fingerprint density at radius 2 is 1.86 bits per heavy atom. The lowest BCUT2D eigenvalue weighted by Crippen LogP contribution is -2.41. The van der Waals surface area contributed by atoms with Gasteiger partial charge in [0, 0.05) is 37.4 Å². The molecule has 4 rings (SSSR count). The lowest BCUT2D eigenvalue weighted by Gasteiger charge is -2.31. The highest BCUT2D eigenvalue weighted by atomic mass is 19.1. The number of nitrogens with zero attached hydrogens (tertiary/aromatic N) is 3. The van der Waals surface area contributed by atoms with Crippen molar-refractivity contribution < 1.29 is 14.0 Å². The maximum atomic E-state index is 13.0. The molecule has 1 aromatic heterocycles. The van der Waals surface area contributed by atoms with E-state index in [1.807, 2.05) is 10.9 Å². The maximum Gasteiger partial charge on any atom is 0.274 e. The van der Waals surface area contributed by atoms with Crippen LogP contribution in [0.4, 0.5) is 10.1 Å². The Bertz CT molecular complexity index is 852. The Balaban J connectivity index is 1.29. The van der Waals surface area contributed by atoms with Crippen molar-refractivity contribution in [3.05, 3.63) is 48.0 Å². The second kappa shape index (κ2) is 8.73. The molecule has 2 aliphatic rings. The van der Waals surface area contributed by atoms with E-state index in [1.54, 1.807) is 23.1 Å². The molecule has 0 bridgehead atoms. The SMILES string of the molecule is O=C(Nc1ccc(F)cc1)C1CCN(C(=O)c2ccn(C3CCCNC3)n2)CC1. The summed E-state index contributed by atoms with van der Waals surface area (Å²) in [5.41, 5.74) is 1.04. The summed E-state index contributed by atoms with van der Waals surface area (Å²) in [6.45, 7) is 2.97. The highest BCUT2D eigenvalue weighted by Crippen LogP contribution is 2.22. The molecule has 1 atom stereocenters. The van der Waals surface area contributed by atoms with Gasteiger partial charge in [0.2, 0.25) is 5.91 Å². The summed E-state index contributed by atoms with van der Waals surface area (Å²) in [4.78, 5) is 27.0. The van der Waals surface area contributed by atoms with Crippen LogP contribution in [0, 0.1) is 11.7 Å². The van der Waals surface area contributed by atoms with Gasteiger partial charge < -0.3 is 15.5 Å². The van der Waals surface area contributed by atoms with Gasteiger partial charge in [-0.15, -0.1) is 0 Å². The second-order valence-electron chi connectivity index (χ2n) is 7.74. The normalized spacial score (nSPS) is 20.4. The van der Waals surface area contributed by atoms with Crippen molar-refractivity contribution in [1.82, 2.24) is 20.0 Å². The van der Waals surface area contributed by atoms with Crippen LogP contribution in [0.2, 0.25) is 0 Å². The van der Waals surface area contributed by atoms with Crippen molar-refractivity contribution in [2.45, 2.75) is 31.7 Å². The smallest absolute Gasteiger partial charge is 0.274 e. The highest BCUT2D eigenvalue weighted by molar-refractivity contribution is 5.94. The first-order chi connectivity index (χ1) is 14.1. The van der Waals surface area contributed by atoms with Gasteiger partial charge in [-0.05, 0) is 62.6 Å². The Labute approximate surface area is 169 Å².